The van der Waals surface area contributed by atoms with E-state index >= 15 is 0 Å². The Morgan fingerprint density at radius 3 is 2.10 bits per heavy atom. The summed E-state index contributed by atoms with van der Waals surface area (Å²) in [5.74, 6) is 0.0998. The largest absolute Gasteiger partial charge is 0.369 e. The monoisotopic (exact) mass is 394 g/mol. The fourth-order valence-corrected chi connectivity index (χ4v) is 4.05. The summed E-state index contributed by atoms with van der Waals surface area (Å²) in [6.07, 6.45) is 0. The molecule has 1 aliphatic heterocycles. The van der Waals surface area contributed by atoms with Crippen LogP contribution in [0.2, 0.25) is 0 Å². The van der Waals surface area contributed by atoms with E-state index in [0.717, 1.165) is 51.4 Å². The maximum absolute atomic E-state index is 13.0. The Balaban J connectivity index is 1.48. The molecule has 1 N–H and O–H groups in total. The van der Waals surface area contributed by atoms with Gasteiger partial charge >= 0.3 is 0 Å². The van der Waals surface area contributed by atoms with Crippen LogP contribution in [-0.2, 0) is 4.79 Å². The molecule has 0 aliphatic carbocycles. The molecule has 5 nitrogen and oxygen atoms in total. The fraction of sp³-hybridized carbons (Fsp3) is 0.458. The van der Waals surface area contributed by atoms with Gasteiger partial charge in [-0.2, -0.15) is 0 Å². The standard InChI is InChI=1S/C24H34N4O/c1-3-27(4-2)23(21-11-7-5-8-12-21)24(29)25-15-16-26-17-19-28(20-18-26)22-13-9-6-10-14-22/h5-14,23H,3-4,15-20H2,1-2H3,(H,25,29). The zero-order valence-electron chi connectivity index (χ0n) is 17.8. The Kier molecular flexibility index (Phi) is 8.08. The third kappa shape index (κ3) is 5.81. The highest BCUT2D eigenvalue weighted by molar-refractivity contribution is 5.83. The average molecular weight is 395 g/mol. The second-order valence-corrected chi connectivity index (χ2v) is 7.49. The normalized spacial score (nSPS) is 16.0. The van der Waals surface area contributed by atoms with E-state index in [4.69, 9.17) is 0 Å². The van der Waals surface area contributed by atoms with Gasteiger partial charge in [-0.05, 0) is 30.8 Å². The lowest BCUT2D eigenvalue weighted by molar-refractivity contribution is -0.126. The highest BCUT2D eigenvalue weighted by Gasteiger charge is 2.25. The molecule has 5 heteroatoms. The van der Waals surface area contributed by atoms with Gasteiger partial charge < -0.3 is 10.2 Å². The maximum atomic E-state index is 13.0. The maximum Gasteiger partial charge on any atom is 0.242 e. The molecule has 0 spiro atoms. The fourth-order valence-electron chi connectivity index (χ4n) is 4.05. The predicted molar refractivity (Wildman–Crippen MR) is 120 cm³/mol. The first-order valence-electron chi connectivity index (χ1n) is 10.8. The molecule has 0 saturated carbocycles. The minimum Gasteiger partial charge on any atom is -0.369 e. The number of hydrogen-bond acceptors (Lipinski definition) is 4. The zero-order valence-corrected chi connectivity index (χ0v) is 17.8. The molecule has 1 unspecified atom stereocenters. The van der Waals surface area contributed by atoms with E-state index in [1.165, 1.54) is 5.69 Å². The molecule has 2 aromatic rings. The number of rotatable bonds is 9. The number of carbonyl (C=O) groups is 1. The van der Waals surface area contributed by atoms with Crippen molar-refractivity contribution in [1.29, 1.82) is 0 Å². The van der Waals surface area contributed by atoms with E-state index in [1.807, 2.05) is 30.3 Å². The number of nitrogens with one attached hydrogen (secondary N) is 1. The minimum absolute atomic E-state index is 0.0998. The molecular weight excluding hydrogens is 360 g/mol. The third-order valence-corrected chi connectivity index (χ3v) is 5.76. The number of nitrogens with zero attached hydrogens (tertiary/aromatic N) is 3. The van der Waals surface area contributed by atoms with Crippen molar-refractivity contribution < 1.29 is 4.79 Å². The first kappa shape index (κ1) is 21.3. The van der Waals surface area contributed by atoms with Gasteiger partial charge in [0, 0.05) is 45.0 Å². The molecule has 1 atom stereocenters. The Bertz CT molecular complexity index is 725. The van der Waals surface area contributed by atoms with Crippen LogP contribution in [-0.4, -0.2) is 68.1 Å². The molecule has 3 rings (SSSR count). The van der Waals surface area contributed by atoms with Gasteiger partial charge in [0.2, 0.25) is 5.91 Å². The van der Waals surface area contributed by atoms with Crippen molar-refractivity contribution in [3.8, 4) is 0 Å². The van der Waals surface area contributed by atoms with Crippen molar-refractivity contribution in [3.63, 3.8) is 0 Å². The second-order valence-electron chi connectivity index (χ2n) is 7.49. The first-order valence-corrected chi connectivity index (χ1v) is 10.8. The van der Waals surface area contributed by atoms with Gasteiger partial charge in [-0.1, -0.05) is 62.4 Å². The molecule has 1 fully saturated rings. The minimum atomic E-state index is -0.221. The van der Waals surface area contributed by atoms with E-state index in [1.54, 1.807) is 0 Å². The lowest BCUT2D eigenvalue weighted by Gasteiger charge is -2.36. The van der Waals surface area contributed by atoms with Crippen LogP contribution in [0, 0.1) is 0 Å². The highest BCUT2D eigenvalue weighted by Crippen LogP contribution is 2.20. The number of para-hydroxylation sites is 1. The van der Waals surface area contributed by atoms with Gasteiger partial charge in [-0.25, -0.2) is 0 Å². The van der Waals surface area contributed by atoms with Crippen molar-refractivity contribution in [1.82, 2.24) is 15.1 Å². The van der Waals surface area contributed by atoms with Crippen molar-refractivity contribution in [2.75, 3.05) is 57.3 Å². The molecule has 1 saturated heterocycles. The SMILES string of the molecule is CCN(CC)C(C(=O)NCCN1CCN(c2ccccc2)CC1)c1ccccc1. The summed E-state index contributed by atoms with van der Waals surface area (Å²) >= 11 is 0. The molecule has 0 bridgehead atoms. The van der Waals surface area contributed by atoms with Gasteiger partial charge in [-0.3, -0.25) is 14.6 Å². The number of likely N-dealkylation sites (N-methyl/N-ethyl adjacent to an activating group) is 1. The lowest BCUT2D eigenvalue weighted by atomic mass is 10.0. The summed E-state index contributed by atoms with van der Waals surface area (Å²) in [5.41, 5.74) is 2.36. The Hall–Kier alpha value is -2.37. The van der Waals surface area contributed by atoms with Crippen LogP contribution < -0.4 is 10.2 Å². The molecule has 156 valence electrons. The molecule has 0 radical (unpaired) electrons. The average Bonchev–Trinajstić information content (AvgIpc) is 2.79. The van der Waals surface area contributed by atoms with Crippen molar-refractivity contribution in [3.05, 3.63) is 66.2 Å². The number of benzene rings is 2. The Labute approximate surface area is 175 Å². The van der Waals surface area contributed by atoms with Crippen LogP contribution in [0.3, 0.4) is 0 Å². The summed E-state index contributed by atoms with van der Waals surface area (Å²) < 4.78 is 0. The number of anilines is 1. The summed E-state index contributed by atoms with van der Waals surface area (Å²) in [4.78, 5) is 20.1. The van der Waals surface area contributed by atoms with E-state index in [0.29, 0.717) is 6.54 Å². The van der Waals surface area contributed by atoms with Crippen molar-refractivity contribution >= 4 is 11.6 Å². The number of amides is 1. The van der Waals surface area contributed by atoms with Gasteiger partial charge in [0.25, 0.3) is 0 Å². The van der Waals surface area contributed by atoms with E-state index in [-0.39, 0.29) is 11.9 Å². The molecule has 0 aromatic heterocycles. The number of piperazine rings is 1. The summed E-state index contributed by atoms with van der Waals surface area (Å²) in [7, 11) is 0. The molecule has 29 heavy (non-hydrogen) atoms. The van der Waals surface area contributed by atoms with Gasteiger partial charge in [0.15, 0.2) is 0 Å². The van der Waals surface area contributed by atoms with Crippen molar-refractivity contribution in [2.45, 2.75) is 19.9 Å². The smallest absolute Gasteiger partial charge is 0.242 e. The summed E-state index contributed by atoms with van der Waals surface area (Å²) in [6, 6.07) is 20.5. The second kappa shape index (κ2) is 11.0. The Morgan fingerprint density at radius 2 is 1.52 bits per heavy atom. The predicted octanol–water partition coefficient (Wildman–Crippen LogP) is 3.01. The van der Waals surface area contributed by atoms with Crippen LogP contribution in [0.25, 0.3) is 0 Å². The molecule has 2 aromatic carbocycles. The van der Waals surface area contributed by atoms with Gasteiger partial charge in [0.1, 0.15) is 6.04 Å². The number of hydrogen-bond donors (Lipinski definition) is 1. The van der Waals surface area contributed by atoms with Crippen molar-refractivity contribution in [2.24, 2.45) is 0 Å². The molecular formula is C24H34N4O. The molecule has 1 amide bonds. The van der Waals surface area contributed by atoms with Crippen LogP contribution in [0.4, 0.5) is 5.69 Å². The van der Waals surface area contributed by atoms with E-state index in [9.17, 15) is 4.79 Å². The van der Waals surface area contributed by atoms with Crippen LogP contribution in [0.1, 0.15) is 25.5 Å². The van der Waals surface area contributed by atoms with Crippen LogP contribution in [0.15, 0.2) is 60.7 Å². The molecule has 1 heterocycles. The summed E-state index contributed by atoms with van der Waals surface area (Å²) in [6.45, 7) is 11.6. The van der Waals surface area contributed by atoms with E-state index < -0.39 is 0 Å². The quantitative estimate of drug-likeness (QED) is 0.710. The summed E-state index contributed by atoms with van der Waals surface area (Å²) in [5, 5.41) is 3.18. The molecule has 1 aliphatic rings. The van der Waals surface area contributed by atoms with Gasteiger partial charge in [-0.15, -0.1) is 0 Å². The van der Waals surface area contributed by atoms with Crippen LogP contribution >= 0.6 is 0 Å². The van der Waals surface area contributed by atoms with E-state index in [2.05, 4.69) is 64.2 Å². The highest BCUT2D eigenvalue weighted by atomic mass is 16.2. The topological polar surface area (TPSA) is 38.8 Å². The van der Waals surface area contributed by atoms with Gasteiger partial charge in [0.05, 0.1) is 0 Å². The first-order chi connectivity index (χ1) is 14.2. The Morgan fingerprint density at radius 1 is 0.931 bits per heavy atom. The van der Waals surface area contributed by atoms with Crippen LogP contribution in [0.5, 0.6) is 0 Å². The third-order valence-electron chi connectivity index (χ3n) is 5.76. The lowest BCUT2D eigenvalue weighted by Crippen LogP contribution is -2.49. The number of carbonyl (C=O) groups excluding carboxylic acids is 1. The zero-order chi connectivity index (χ0) is 20.5.